The van der Waals surface area contributed by atoms with Crippen molar-refractivity contribution in [1.82, 2.24) is 0 Å². The van der Waals surface area contributed by atoms with Gasteiger partial charge in [-0.15, -0.1) is 0 Å². The molecular weight excluding hydrogens is 224 g/mol. The average Bonchev–Trinajstić information content (AvgIpc) is 2.16. The highest BCUT2D eigenvalue weighted by molar-refractivity contribution is 7.85. The second kappa shape index (κ2) is 4.97. The third-order valence-electron chi connectivity index (χ3n) is 1.58. The molecule has 1 aromatic rings. The molecule has 0 saturated carbocycles. The van der Waals surface area contributed by atoms with E-state index in [4.69, 9.17) is 0 Å². The van der Waals surface area contributed by atoms with Crippen molar-refractivity contribution in [1.29, 1.82) is 0 Å². The highest BCUT2D eigenvalue weighted by atomic mass is 32.2. The summed E-state index contributed by atoms with van der Waals surface area (Å²) in [6.45, 7) is 1.25. The van der Waals surface area contributed by atoms with Gasteiger partial charge in [-0.1, -0.05) is 12.1 Å². The minimum Gasteiger partial charge on any atom is -0.325 e. The maximum absolute atomic E-state index is 12.2. The molecule has 0 radical (unpaired) electrons. The van der Waals surface area contributed by atoms with Crippen LogP contribution in [0.25, 0.3) is 0 Å². The largest absolute Gasteiger partial charge is 0.325 e. The average molecular weight is 233 g/mol. The Morgan fingerprint density at radius 2 is 2.00 bits per heavy atom. The molecular formula is C9H9F2NO2S. The number of halogens is 2. The van der Waals surface area contributed by atoms with Gasteiger partial charge in [0.15, 0.2) is 0 Å². The molecule has 3 nitrogen and oxygen atoms in total. The van der Waals surface area contributed by atoms with Gasteiger partial charge < -0.3 is 5.32 Å². The highest BCUT2D eigenvalue weighted by Crippen LogP contribution is 2.22. The number of amides is 1. The van der Waals surface area contributed by atoms with E-state index in [-0.39, 0.29) is 10.6 Å². The Morgan fingerprint density at radius 1 is 1.40 bits per heavy atom. The van der Waals surface area contributed by atoms with Crippen LogP contribution in [-0.4, -0.2) is 15.9 Å². The van der Waals surface area contributed by atoms with Crippen molar-refractivity contribution in [3.05, 3.63) is 24.3 Å². The summed E-state index contributed by atoms with van der Waals surface area (Å²) in [6, 6.07) is 5.78. The lowest BCUT2D eigenvalue weighted by Crippen LogP contribution is -2.11. The molecule has 1 amide bonds. The number of hydrogen-bond acceptors (Lipinski definition) is 2. The van der Waals surface area contributed by atoms with Gasteiger partial charge in [-0.25, -0.2) is 4.21 Å². The summed E-state index contributed by atoms with van der Waals surface area (Å²) in [5.41, 5.74) is 0.156. The normalized spacial score (nSPS) is 12.5. The Hall–Kier alpha value is -1.30. The third kappa shape index (κ3) is 3.09. The minimum atomic E-state index is -2.96. The van der Waals surface area contributed by atoms with E-state index in [2.05, 4.69) is 5.32 Å². The fourth-order valence-corrected chi connectivity index (χ4v) is 1.77. The van der Waals surface area contributed by atoms with Gasteiger partial charge in [0.25, 0.3) is 0 Å². The van der Waals surface area contributed by atoms with E-state index >= 15 is 0 Å². The standard InChI is InChI=1S/C9H9F2NO2S/c1-6(13)12-7-4-2-3-5-8(7)15(14)9(10)11/h2-5,9H,1H3,(H,12,13). The third-order valence-corrected chi connectivity index (χ3v) is 2.69. The molecule has 0 bridgehead atoms. The SMILES string of the molecule is CC(=O)Nc1ccccc1S(=O)C(F)F. The van der Waals surface area contributed by atoms with Crippen molar-refractivity contribution in [2.75, 3.05) is 5.32 Å². The highest BCUT2D eigenvalue weighted by Gasteiger charge is 2.18. The quantitative estimate of drug-likeness (QED) is 0.867. The number of carbonyl (C=O) groups excluding carboxylic acids is 1. The smallest absolute Gasteiger partial charge is 0.316 e. The van der Waals surface area contributed by atoms with Crippen LogP contribution in [0.2, 0.25) is 0 Å². The van der Waals surface area contributed by atoms with Crippen LogP contribution in [0.15, 0.2) is 29.2 Å². The number of anilines is 1. The van der Waals surface area contributed by atoms with Crippen LogP contribution in [0.4, 0.5) is 14.5 Å². The monoisotopic (exact) mass is 233 g/mol. The fourth-order valence-electron chi connectivity index (χ4n) is 1.03. The van der Waals surface area contributed by atoms with E-state index in [1.165, 1.54) is 25.1 Å². The van der Waals surface area contributed by atoms with Crippen molar-refractivity contribution < 1.29 is 17.8 Å². The van der Waals surface area contributed by atoms with Gasteiger partial charge in [0, 0.05) is 6.92 Å². The molecule has 0 aromatic heterocycles. The van der Waals surface area contributed by atoms with Gasteiger partial charge in [0.2, 0.25) is 5.91 Å². The Kier molecular flexibility index (Phi) is 3.90. The molecule has 0 heterocycles. The zero-order chi connectivity index (χ0) is 11.4. The number of rotatable bonds is 3. The second-order valence-corrected chi connectivity index (χ2v) is 4.13. The van der Waals surface area contributed by atoms with Crippen LogP contribution in [0.1, 0.15) is 6.92 Å². The maximum Gasteiger partial charge on any atom is 0.316 e. The van der Waals surface area contributed by atoms with Crippen LogP contribution in [0.3, 0.4) is 0 Å². The van der Waals surface area contributed by atoms with E-state index in [0.717, 1.165) is 0 Å². The number of nitrogens with one attached hydrogen (secondary N) is 1. The first-order chi connectivity index (χ1) is 7.02. The predicted molar refractivity (Wildman–Crippen MR) is 53.2 cm³/mol. The molecule has 0 aliphatic rings. The van der Waals surface area contributed by atoms with Crippen molar-refractivity contribution in [2.45, 2.75) is 17.6 Å². The number of carbonyl (C=O) groups is 1. The summed E-state index contributed by atoms with van der Waals surface area (Å²) in [4.78, 5) is 10.7. The first-order valence-electron chi connectivity index (χ1n) is 4.07. The Labute approximate surface area is 87.9 Å². The number of hydrogen-bond donors (Lipinski definition) is 1. The molecule has 0 saturated heterocycles. The predicted octanol–water partition coefficient (Wildman–Crippen LogP) is 1.98. The van der Waals surface area contributed by atoms with Gasteiger partial charge in [0.1, 0.15) is 10.8 Å². The molecule has 1 rings (SSSR count). The Bertz CT molecular complexity index is 395. The van der Waals surface area contributed by atoms with Gasteiger partial charge in [-0.2, -0.15) is 8.78 Å². The van der Waals surface area contributed by atoms with Crippen molar-refractivity contribution >= 4 is 22.4 Å². The number of benzene rings is 1. The van der Waals surface area contributed by atoms with E-state index < -0.39 is 22.5 Å². The van der Waals surface area contributed by atoms with Crippen molar-refractivity contribution in [2.24, 2.45) is 0 Å². The first-order valence-corrected chi connectivity index (χ1v) is 5.29. The molecule has 0 aliphatic carbocycles. The maximum atomic E-state index is 12.2. The zero-order valence-electron chi connectivity index (χ0n) is 7.87. The van der Waals surface area contributed by atoms with E-state index in [0.29, 0.717) is 0 Å². The number of para-hydroxylation sites is 1. The second-order valence-electron chi connectivity index (χ2n) is 2.74. The molecule has 0 fully saturated rings. The van der Waals surface area contributed by atoms with Gasteiger partial charge >= 0.3 is 5.76 Å². The summed E-state index contributed by atoms with van der Waals surface area (Å²) < 4.78 is 35.6. The van der Waals surface area contributed by atoms with Crippen LogP contribution < -0.4 is 5.32 Å². The van der Waals surface area contributed by atoms with Crippen LogP contribution in [0, 0.1) is 0 Å². The van der Waals surface area contributed by atoms with Crippen LogP contribution in [0.5, 0.6) is 0 Å². The van der Waals surface area contributed by atoms with Crippen molar-refractivity contribution in [3.8, 4) is 0 Å². The molecule has 0 aliphatic heterocycles. The summed E-state index contributed by atoms with van der Waals surface area (Å²) in [6.07, 6.45) is 0. The van der Waals surface area contributed by atoms with Gasteiger partial charge in [-0.05, 0) is 12.1 Å². The lowest BCUT2D eigenvalue weighted by molar-refractivity contribution is -0.114. The lowest BCUT2D eigenvalue weighted by atomic mass is 10.3. The van der Waals surface area contributed by atoms with Gasteiger partial charge in [0.05, 0.1) is 10.6 Å². The van der Waals surface area contributed by atoms with E-state index in [9.17, 15) is 17.8 Å². The molecule has 1 unspecified atom stereocenters. The summed E-state index contributed by atoms with van der Waals surface area (Å²) >= 11 is 0. The minimum absolute atomic E-state index is 0.0669. The summed E-state index contributed by atoms with van der Waals surface area (Å²) in [5.74, 6) is -3.35. The molecule has 6 heteroatoms. The van der Waals surface area contributed by atoms with E-state index in [1.54, 1.807) is 6.07 Å². The molecule has 1 atom stereocenters. The van der Waals surface area contributed by atoms with Crippen molar-refractivity contribution in [3.63, 3.8) is 0 Å². The molecule has 1 N–H and O–H groups in total. The topological polar surface area (TPSA) is 46.2 Å². The molecule has 15 heavy (non-hydrogen) atoms. The summed E-state index contributed by atoms with van der Waals surface area (Å²) in [7, 11) is -2.41. The zero-order valence-corrected chi connectivity index (χ0v) is 8.68. The Morgan fingerprint density at radius 3 is 2.53 bits per heavy atom. The van der Waals surface area contributed by atoms with Crippen LogP contribution >= 0.6 is 0 Å². The molecule has 1 aromatic carbocycles. The van der Waals surface area contributed by atoms with Gasteiger partial charge in [-0.3, -0.25) is 4.79 Å². The molecule has 82 valence electrons. The Balaban J connectivity index is 3.06. The lowest BCUT2D eigenvalue weighted by Gasteiger charge is -2.08. The van der Waals surface area contributed by atoms with E-state index in [1.807, 2.05) is 0 Å². The van der Waals surface area contributed by atoms with Crippen LogP contribution in [-0.2, 0) is 15.6 Å². The molecule has 0 spiro atoms. The number of alkyl halides is 2. The summed E-state index contributed by atoms with van der Waals surface area (Å²) in [5, 5.41) is 2.34. The fraction of sp³-hybridized carbons (Fsp3) is 0.222. The first kappa shape index (κ1) is 11.8.